The second-order valence-electron chi connectivity index (χ2n) is 3.58. The molecule has 0 saturated heterocycles. The van der Waals surface area contributed by atoms with Crippen molar-refractivity contribution in [1.29, 1.82) is 0 Å². The molecule has 2 rings (SSSR count). The molecule has 4 nitrogen and oxygen atoms in total. The summed E-state index contributed by atoms with van der Waals surface area (Å²) in [6, 6.07) is 3.03. The molecule has 0 unspecified atom stereocenters. The Balaban J connectivity index is 2.40. The molecule has 0 bridgehead atoms. The van der Waals surface area contributed by atoms with Crippen molar-refractivity contribution in [3.63, 3.8) is 0 Å². The first-order valence-corrected chi connectivity index (χ1v) is 4.96. The molecule has 0 saturated carbocycles. The summed E-state index contributed by atoms with van der Waals surface area (Å²) in [4.78, 5) is 17.3. The lowest BCUT2D eigenvalue weighted by molar-refractivity contribution is 0.449. The average molecular weight is 255 g/mol. The van der Waals surface area contributed by atoms with Gasteiger partial charge in [-0.15, -0.1) is 0 Å². The van der Waals surface area contributed by atoms with Gasteiger partial charge in [0.15, 0.2) is 17.5 Å². The Kier molecular flexibility index (Phi) is 3.05. The molecule has 0 radical (unpaired) electrons. The van der Waals surface area contributed by atoms with Crippen molar-refractivity contribution in [3.05, 3.63) is 51.7 Å². The first-order valence-electron chi connectivity index (χ1n) is 4.96. The van der Waals surface area contributed by atoms with E-state index in [1.54, 1.807) is 6.92 Å². The Morgan fingerprint density at radius 3 is 2.61 bits per heavy atom. The Labute approximate surface area is 99.5 Å². The SMILES string of the molecule is Cc1cc(=O)[nH]c(Nc2ccc(F)c(F)c2F)n1. The van der Waals surface area contributed by atoms with Crippen LogP contribution in [0.25, 0.3) is 0 Å². The van der Waals surface area contributed by atoms with Gasteiger partial charge in [-0.2, -0.15) is 0 Å². The van der Waals surface area contributed by atoms with Crippen LogP contribution in [0.5, 0.6) is 0 Å². The minimum atomic E-state index is -1.59. The molecule has 0 aliphatic carbocycles. The van der Waals surface area contributed by atoms with Gasteiger partial charge in [0.1, 0.15) is 0 Å². The molecule has 2 N–H and O–H groups in total. The standard InChI is InChI=1S/C11H8F3N3O/c1-5-4-8(18)17-11(15-5)16-7-3-2-6(12)9(13)10(7)14/h2-4H,1H3,(H2,15,16,17,18). The maximum atomic E-state index is 13.4. The van der Waals surface area contributed by atoms with E-state index in [1.807, 2.05) is 0 Å². The van der Waals surface area contributed by atoms with Gasteiger partial charge < -0.3 is 5.32 Å². The normalized spacial score (nSPS) is 10.4. The number of nitrogens with one attached hydrogen (secondary N) is 2. The first kappa shape index (κ1) is 12.2. The Bertz CT molecular complexity index is 654. The third-order valence-corrected chi connectivity index (χ3v) is 2.16. The van der Waals surface area contributed by atoms with E-state index in [1.165, 1.54) is 6.07 Å². The molecular weight excluding hydrogens is 247 g/mol. The highest BCUT2D eigenvalue weighted by atomic mass is 19.2. The molecule has 18 heavy (non-hydrogen) atoms. The second kappa shape index (κ2) is 4.52. The molecule has 0 amide bonds. The quantitative estimate of drug-likeness (QED) is 0.809. The molecule has 0 fully saturated rings. The largest absolute Gasteiger partial charge is 0.323 e. The van der Waals surface area contributed by atoms with E-state index in [0.717, 1.165) is 12.1 Å². The van der Waals surface area contributed by atoms with Crippen LogP contribution in [-0.4, -0.2) is 9.97 Å². The van der Waals surface area contributed by atoms with Crippen molar-refractivity contribution >= 4 is 11.6 Å². The van der Waals surface area contributed by atoms with Crippen LogP contribution in [0, 0.1) is 24.4 Å². The van der Waals surface area contributed by atoms with Gasteiger partial charge in [-0.3, -0.25) is 9.78 Å². The van der Waals surface area contributed by atoms with Crippen LogP contribution in [0.15, 0.2) is 23.0 Å². The van der Waals surface area contributed by atoms with Crippen molar-refractivity contribution in [3.8, 4) is 0 Å². The number of hydrogen-bond donors (Lipinski definition) is 2. The molecule has 2 aromatic rings. The molecule has 1 aromatic carbocycles. The van der Waals surface area contributed by atoms with E-state index in [-0.39, 0.29) is 11.6 Å². The molecule has 1 aromatic heterocycles. The van der Waals surface area contributed by atoms with Crippen LogP contribution in [0.4, 0.5) is 24.8 Å². The van der Waals surface area contributed by atoms with Crippen molar-refractivity contribution in [2.45, 2.75) is 6.92 Å². The summed E-state index contributed by atoms with van der Waals surface area (Å²) in [6.07, 6.45) is 0. The van der Waals surface area contributed by atoms with Gasteiger partial charge in [0.05, 0.1) is 5.69 Å². The number of benzene rings is 1. The molecule has 7 heteroatoms. The summed E-state index contributed by atoms with van der Waals surface area (Å²) in [5, 5.41) is 2.37. The highest BCUT2D eigenvalue weighted by Gasteiger charge is 2.13. The minimum absolute atomic E-state index is 0.0510. The predicted molar refractivity (Wildman–Crippen MR) is 59.2 cm³/mol. The van der Waals surface area contributed by atoms with Crippen LogP contribution < -0.4 is 10.9 Å². The topological polar surface area (TPSA) is 57.8 Å². The minimum Gasteiger partial charge on any atom is -0.323 e. The Hall–Kier alpha value is -2.31. The summed E-state index contributed by atoms with van der Waals surface area (Å²) < 4.78 is 39.0. The van der Waals surface area contributed by atoms with E-state index in [9.17, 15) is 18.0 Å². The highest BCUT2D eigenvalue weighted by molar-refractivity contribution is 5.54. The van der Waals surface area contributed by atoms with Crippen LogP contribution in [0.2, 0.25) is 0 Å². The van der Waals surface area contributed by atoms with Crippen molar-refractivity contribution in [2.24, 2.45) is 0 Å². The lowest BCUT2D eigenvalue weighted by atomic mass is 10.3. The number of hydrogen-bond acceptors (Lipinski definition) is 3. The number of aromatic amines is 1. The monoisotopic (exact) mass is 255 g/mol. The van der Waals surface area contributed by atoms with E-state index in [2.05, 4.69) is 15.3 Å². The lowest BCUT2D eigenvalue weighted by Gasteiger charge is -2.07. The van der Waals surface area contributed by atoms with Gasteiger partial charge in [-0.25, -0.2) is 18.2 Å². The third kappa shape index (κ3) is 2.34. The maximum Gasteiger partial charge on any atom is 0.252 e. The predicted octanol–water partition coefficient (Wildman–Crippen LogP) is 2.24. The lowest BCUT2D eigenvalue weighted by Crippen LogP contribution is -2.11. The molecule has 0 atom stereocenters. The number of nitrogens with zero attached hydrogens (tertiary/aromatic N) is 1. The van der Waals surface area contributed by atoms with Gasteiger partial charge >= 0.3 is 0 Å². The molecular formula is C11H8F3N3O. The number of aryl methyl sites for hydroxylation is 1. The molecule has 0 aliphatic rings. The zero-order valence-corrected chi connectivity index (χ0v) is 9.22. The summed E-state index contributed by atoms with van der Waals surface area (Å²) >= 11 is 0. The zero-order chi connectivity index (χ0) is 13.3. The summed E-state index contributed by atoms with van der Waals surface area (Å²) in [5.41, 5.74) is -0.347. The van der Waals surface area contributed by atoms with Gasteiger partial charge in [0, 0.05) is 11.8 Å². The number of rotatable bonds is 2. The van der Waals surface area contributed by atoms with Crippen LogP contribution in [0.1, 0.15) is 5.69 Å². The average Bonchev–Trinajstić information content (AvgIpc) is 2.29. The fourth-order valence-corrected chi connectivity index (χ4v) is 1.39. The Morgan fingerprint density at radius 2 is 1.94 bits per heavy atom. The van der Waals surface area contributed by atoms with Crippen LogP contribution in [-0.2, 0) is 0 Å². The summed E-state index contributed by atoms with van der Waals surface area (Å²) in [7, 11) is 0. The Morgan fingerprint density at radius 1 is 1.22 bits per heavy atom. The number of halogens is 3. The fraction of sp³-hybridized carbons (Fsp3) is 0.0909. The number of aromatic nitrogens is 2. The van der Waals surface area contributed by atoms with Gasteiger partial charge in [-0.05, 0) is 19.1 Å². The van der Waals surface area contributed by atoms with Crippen LogP contribution >= 0.6 is 0 Å². The maximum absolute atomic E-state index is 13.4. The second-order valence-corrected chi connectivity index (χ2v) is 3.58. The van der Waals surface area contributed by atoms with Gasteiger partial charge in [0.2, 0.25) is 5.95 Å². The molecule has 1 heterocycles. The number of H-pyrrole nitrogens is 1. The van der Waals surface area contributed by atoms with Crippen molar-refractivity contribution in [2.75, 3.05) is 5.32 Å². The molecule has 94 valence electrons. The van der Waals surface area contributed by atoms with Crippen molar-refractivity contribution < 1.29 is 13.2 Å². The van der Waals surface area contributed by atoms with Gasteiger partial charge in [0.25, 0.3) is 5.56 Å². The van der Waals surface area contributed by atoms with E-state index in [0.29, 0.717) is 5.69 Å². The highest BCUT2D eigenvalue weighted by Crippen LogP contribution is 2.21. The molecule has 0 spiro atoms. The zero-order valence-electron chi connectivity index (χ0n) is 9.22. The van der Waals surface area contributed by atoms with E-state index >= 15 is 0 Å². The molecule has 0 aliphatic heterocycles. The first-order chi connectivity index (χ1) is 8.47. The summed E-state index contributed by atoms with van der Waals surface area (Å²) in [5.74, 6) is -4.30. The van der Waals surface area contributed by atoms with E-state index in [4.69, 9.17) is 0 Å². The van der Waals surface area contributed by atoms with Crippen LogP contribution in [0.3, 0.4) is 0 Å². The van der Waals surface area contributed by atoms with Crippen molar-refractivity contribution in [1.82, 2.24) is 9.97 Å². The smallest absolute Gasteiger partial charge is 0.252 e. The van der Waals surface area contributed by atoms with E-state index < -0.39 is 23.0 Å². The van der Waals surface area contributed by atoms with Gasteiger partial charge in [-0.1, -0.05) is 0 Å². The number of anilines is 2. The fourth-order valence-electron chi connectivity index (χ4n) is 1.39. The third-order valence-electron chi connectivity index (χ3n) is 2.16. The summed E-state index contributed by atoms with van der Waals surface area (Å²) in [6.45, 7) is 1.57.